The molecule has 2 N–H and O–H groups in total. The van der Waals surface area contributed by atoms with Crippen molar-refractivity contribution in [1.29, 1.82) is 0 Å². The highest BCUT2D eigenvalue weighted by molar-refractivity contribution is 5.82. The van der Waals surface area contributed by atoms with Crippen molar-refractivity contribution >= 4 is 16.9 Å². The molecule has 0 saturated heterocycles. The summed E-state index contributed by atoms with van der Waals surface area (Å²) in [6, 6.07) is 8.08. The van der Waals surface area contributed by atoms with Crippen LogP contribution in [-0.4, -0.2) is 24.2 Å². The second-order valence-corrected chi connectivity index (χ2v) is 6.32. The van der Waals surface area contributed by atoms with Crippen molar-refractivity contribution in [1.82, 2.24) is 15.8 Å². The van der Waals surface area contributed by atoms with Crippen molar-refractivity contribution < 1.29 is 8.94 Å². The van der Waals surface area contributed by atoms with Gasteiger partial charge in [-0.1, -0.05) is 23.4 Å². The lowest BCUT2D eigenvalue weighted by molar-refractivity contribution is 0.392. The van der Waals surface area contributed by atoms with Crippen LogP contribution in [0.3, 0.4) is 0 Å². The van der Waals surface area contributed by atoms with Crippen LogP contribution in [0.1, 0.15) is 35.3 Å². The lowest BCUT2D eigenvalue weighted by Gasteiger charge is -2.11. The molecule has 2 aromatic heterocycles. The number of aryl methyl sites for hydroxylation is 3. The smallest absolute Gasteiger partial charge is 0.191 e. The molecule has 0 atom stereocenters. The van der Waals surface area contributed by atoms with Crippen LogP contribution in [0.4, 0.5) is 0 Å². The Morgan fingerprint density at radius 1 is 1.15 bits per heavy atom. The Balaban J connectivity index is 1.65. The molecule has 3 rings (SSSR count). The summed E-state index contributed by atoms with van der Waals surface area (Å²) in [6.45, 7) is 10.1. The fourth-order valence-electron chi connectivity index (χ4n) is 3.03. The molecule has 0 radical (unpaired) electrons. The summed E-state index contributed by atoms with van der Waals surface area (Å²) in [4.78, 5) is 4.67. The minimum absolute atomic E-state index is 0.501. The summed E-state index contributed by atoms with van der Waals surface area (Å²) in [5, 5.41) is 11.8. The van der Waals surface area contributed by atoms with Gasteiger partial charge in [-0.25, -0.2) is 4.99 Å². The topological polar surface area (TPSA) is 75.6 Å². The molecule has 0 spiro atoms. The van der Waals surface area contributed by atoms with Crippen molar-refractivity contribution in [3.8, 4) is 0 Å². The van der Waals surface area contributed by atoms with Crippen molar-refractivity contribution in [2.24, 2.45) is 4.99 Å². The Morgan fingerprint density at radius 3 is 2.65 bits per heavy atom. The summed E-state index contributed by atoms with van der Waals surface area (Å²) in [7, 11) is 0. The Kier molecular flexibility index (Phi) is 5.61. The van der Waals surface area contributed by atoms with Gasteiger partial charge in [0.1, 0.15) is 23.6 Å². The second-order valence-electron chi connectivity index (χ2n) is 6.32. The standard InChI is InChI=1S/C20H26N4O2/c1-5-21-20(22-11-10-17-14(3)24-26-15(17)4)23-12-19-13(2)16-8-6-7-9-18(16)25-19/h6-9H,5,10-12H2,1-4H3,(H2,21,22,23). The number of aromatic nitrogens is 1. The Hall–Kier alpha value is -2.76. The summed E-state index contributed by atoms with van der Waals surface area (Å²) in [6.07, 6.45) is 0.843. The number of aliphatic imine (C=N–C) groups is 1. The number of guanidine groups is 1. The quantitative estimate of drug-likeness (QED) is 0.522. The number of furan rings is 1. The highest BCUT2D eigenvalue weighted by Gasteiger charge is 2.11. The van der Waals surface area contributed by atoms with Gasteiger partial charge in [-0.3, -0.25) is 0 Å². The van der Waals surface area contributed by atoms with Crippen molar-refractivity contribution in [2.45, 2.75) is 40.7 Å². The van der Waals surface area contributed by atoms with E-state index in [9.17, 15) is 0 Å². The fraction of sp³-hybridized carbons (Fsp3) is 0.400. The van der Waals surface area contributed by atoms with Crippen LogP contribution in [0.5, 0.6) is 0 Å². The SMILES string of the molecule is CCNC(=NCc1oc2ccccc2c1C)NCCc1c(C)noc1C. The highest BCUT2D eigenvalue weighted by atomic mass is 16.5. The highest BCUT2D eigenvalue weighted by Crippen LogP contribution is 2.25. The molecule has 1 aromatic carbocycles. The lowest BCUT2D eigenvalue weighted by atomic mass is 10.1. The normalized spacial score (nSPS) is 11.9. The van der Waals surface area contributed by atoms with Gasteiger partial charge in [0.2, 0.25) is 0 Å². The first-order chi connectivity index (χ1) is 12.6. The van der Waals surface area contributed by atoms with E-state index in [1.807, 2.05) is 32.0 Å². The predicted molar refractivity (Wildman–Crippen MR) is 103 cm³/mol. The number of nitrogens with one attached hydrogen (secondary N) is 2. The number of para-hydroxylation sites is 1. The van der Waals surface area contributed by atoms with Gasteiger partial charge in [0.05, 0.1) is 5.69 Å². The van der Waals surface area contributed by atoms with E-state index in [-0.39, 0.29) is 0 Å². The van der Waals surface area contributed by atoms with E-state index >= 15 is 0 Å². The average molecular weight is 354 g/mol. The van der Waals surface area contributed by atoms with Gasteiger partial charge >= 0.3 is 0 Å². The Labute approximate surface area is 153 Å². The van der Waals surface area contributed by atoms with E-state index in [1.54, 1.807) is 0 Å². The number of nitrogens with zero attached hydrogens (tertiary/aromatic N) is 2. The third-order valence-electron chi connectivity index (χ3n) is 4.52. The second kappa shape index (κ2) is 8.08. The first kappa shape index (κ1) is 18.0. The maximum absolute atomic E-state index is 5.94. The summed E-state index contributed by atoms with van der Waals surface area (Å²) in [5.74, 6) is 2.55. The van der Waals surface area contributed by atoms with Crippen LogP contribution in [0.2, 0.25) is 0 Å². The van der Waals surface area contributed by atoms with E-state index < -0.39 is 0 Å². The zero-order valence-corrected chi connectivity index (χ0v) is 15.8. The van der Waals surface area contributed by atoms with Gasteiger partial charge in [-0.2, -0.15) is 0 Å². The summed E-state index contributed by atoms with van der Waals surface area (Å²) < 4.78 is 11.2. The molecule has 0 saturated carbocycles. The van der Waals surface area contributed by atoms with E-state index in [2.05, 4.69) is 40.7 Å². The van der Waals surface area contributed by atoms with Crippen molar-refractivity contribution in [3.05, 3.63) is 52.6 Å². The molecule has 0 aliphatic heterocycles. The van der Waals surface area contributed by atoms with E-state index in [0.717, 1.165) is 64.8 Å². The molecule has 138 valence electrons. The Bertz CT molecular complexity index is 888. The molecule has 0 unspecified atom stereocenters. The third kappa shape index (κ3) is 3.90. The van der Waals surface area contributed by atoms with Crippen LogP contribution >= 0.6 is 0 Å². The Morgan fingerprint density at radius 2 is 1.96 bits per heavy atom. The van der Waals surface area contributed by atoms with E-state index in [4.69, 9.17) is 8.94 Å². The minimum Gasteiger partial charge on any atom is -0.459 e. The fourth-order valence-corrected chi connectivity index (χ4v) is 3.03. The molecule has 6 nitrogen and oxygen atoms in total. The third-order valence-corrected chi connectivity index (χ3v) is 4.52. The van der Waals surface area contributed by atoms with Crippen LogP contribution in [-0.2, 0) is 13.0 Å². The van der Waals surface area contributed by atoms with Gasteiger partial charge in [0.15, 0.2) is 5.96 Å². The van der Waals surface area contributed by atoms with Gasteiger partial charge in [0.25, 0.3) is 0 Å². The number of hydrogen-bond acceptors (Lipinski definition) is 4. The number of benzene rings is 1. The van der Waals surface area contributed by atoms with Crippen molar-refractivity contribution in [3.63, 3.8) is 0 Å². The molecule has 6 heteroatoms. The number of rotatable bonds is 6. The first-order valence-corrected chi connectivity index (χ1v) is 9.01. The molecular formula is C20H26N4O2. The maximum atomic E-state index is 5.94. The minimum atomic E-state index is 0.501. The molecule has 0 bridgehead atoms. The van der Waals surface area contributed by atoms with Crippen molar-refractivity contribution in [2.75, 3.05) is 13.1 Å². The van der Waals surface area contributed by atoms with Gasteiger partial charge in [-0.05, 0) is 40.2 Å². The summed E-state index contributed by atoms with van der Waals surface area (Å²) in [5.41, 5.74) is 4.16. The number of fused-ring (bicyclic) bond motifs is 1. The zero-order chi connectivity index (χ0) is 18.5. The average Bonchev–Trinajstić information content (AvgIpc) is 3.13. The maximum Gasteiger partial charge on any atom is 0.191 e. The molecule has 0 fully saturated rings. The van der Waals surface area contributed by atoms with Crippen LogP contribution in [0, 0.1) is 20.8 Å². The molecule has 0 aliphatic rings. The first-order valence-electron chi connectivity index (χ1n) is 9.01. The van der Waals surface area contributed by atoms with Crippen LogP contribution in [0.25, 0.3) is 11.0 Å². The molecule has 26 heavy (non-hydrogen) atoms. The predicted octanol–water partition coefficient (Wildman–Crippen LogP) is 3.64. The largest absolute Gasteiger partial charge is 0.459 e. The van der Waals surface area contributed by atoms with Crippen LogP contribution in [0.15, 0.2) is 38.2 Å². The van der Waals surface area contributed by atoms with Gasteiger partial charge < -0.3 is 19.6 Å². The molecule has 0 aliphatic carbocycles. The molecule has 2 heterocycles. The lowest BCUT2D eigenvalue weighted by Crippen LogP contribution is -2.38. The molecular weight excluding hydrogens is 328 g/mol. The van der Waals surface area contributed by atoms with Crippen LogP contribution < -0.4 is 10.6 Å². The molecule has 0 amide bonds. The molecule has 3 aromatic rings. The van der Waals surface area contributed by atoms with Gasteiger partial charge in [0, 0.05) is 29.6 Å². The monoisotopic (exact) mass is 354 g/mol. The number of hydrogen-bond donors (Lipinski definition) is 2. The van der Waals surface area contributed by atoms with Gasteiger partial charge in [-0.15, -0.1) is 0 Å². The summed E-state index contributed by atoms with van der Waals surface area (Å²) >= 11 is 0. The van der Waals surface area contributed by atoms with E-state index in [0.29, 0.717) is 6.54 Å². The zero-order valence-electron chi connectivity index (χ0n) is 15.8. The van der Waals surface area contributed by atoms with E-state index in [1.165, 1.54) is 0 Å².